The topological polar surface area (TPSA) is 78.6 Å². The third kappa shape index (κ3) is 56.5. The van der Waals surface area contributed by atoms with Gasteiger partial charge in [0.1, 0.15) is 0 Å². The lowest BCUT2D eigenvalue weighted by Crippen LogP contribution is -2.07. The van der Waals surface area contributed by atoms with Crippen molar-refractivity contribution in [3.8, 4) is 0 Å². The average molecular weight is 804 g/mol. The fraction of sp³-hybridized carbons (Fsp3) is 0.885. The quantitative estimate of drug-likeness (QED) is 0.0377. The Hall–Kier alpha value is -1.62. The summed E-state index contributed by atoms with van der Waals surface area (Å²) in [5.74, 6) is -0.107. The van der Waals surface area contributed by atoms with Crippen LogP contribution in [-0.4, -0.2) is 31.7 Å². The second-order valence-electron chi connectivity index (χ2n) is 16.8. The van der Waals surface area contributed by atoms with Crippen molar-refractivity contribution >= 4 is 11.9 Å². The molecule has 0 aromatic carbocycles. The lowest BCUT2D eigenvalue weighted by Gasteiger charge is -2.06. The molecule has 57 heavy (non-hydrogen) atoms. The van der Waals surface area contributed by atoms with Crippen LogP contribution in [0.15, 0.2) is 24.3 Å². The van der Waals surface area contributed by atoms with E-state index in [9.17, 15) is 9.59 Å². The zero-order valence-corrected chi connectivity index (χ0v) is 38.9. The lowest BCUT2D eigenvalue weighted by atomic mass is 10.1. The third-order valence-electron chi connectivity index (χ3n) is 10.9. The van der Waals surface area contributed by atoms with Crippen LogP contribution in [0.5, 0.6) is 0 Å². The van der Waals surface area contributed by atoms with E-state index in [1.54, 1.807) is 0 Å². The normalized spacial score (nSPS) is 11.4. The van der Waals surface area contributed by atoms with Gasteiger partial charge in [0.15, 0.2) is 0 Å². The molecular weight excluding hydrogens is 703 g/mol. The van der Waals surface area contributed by atoms with Crippen LogP contribution in [-0.2, 0) is 19.1 Å². The number of rotatable bonds is 45. The second-order valence-corrected chi connectivity index (χ2v) is 16.8. The van der Waals surface area contributed by atoms with E-state index >= 15 is 0 Å². The third-order valence-corrected chi connectivity index (χ3v) is 10.9. The average Bonchev–Trinajstić information content (AvgIpc) is 3.21. The molecule has 0 aliphatic carbocycles. The SMILES string of the molecule is CCCCCCCC/C=C\CCCCCCCC(=O)OCCCCCCOC(=O)CCCCCCC/C=C\CCCCCCCC.CCCCCCCCCCN. The molecule has 0 amide bonds. The minimum atomic E-state index is -0.0535. The van der Waals surface area contributed by atoms with Gasteiger partial charge in [0.05, 0.1) is 13.2 Å². The summed E-state index contributed by atoms with van der Waals surface area (Å²) in [6.07, 6.45) is 58.2. The van der Waals surface area contributed by atoms with Crippen molar-refractivity contribution in [1.29, 1.82) is 0 Å². The monoisotopic (exact) mass is 804 g/mol. The Morgan fingerprint density at radius 2 is 0.579 bits per heavy atom. The van der Waals surface area contributed by atoms with E-state index in [0.717, 1.165) is 57.9 Å². The highest BCUT2D eigenvalue weighted by Gasteiger charge is 2.04. The molecule has 0 aromatic rings. The molecule has 0 aromatic heterocycles. The Bertz CT molecular complexity index is 759. The zero-order chi connectivity index (χ0) is 41.8. The summed E-state index contributed by atoms with van der Waals surface area (Å²) in [5.41, 5.74) is 5.39. The predicted octanol–water partition coefficient (Wildman–Crippen LogP) is 16.8. The van der Waals surface area contributed by atoms with Crippen molar-refractivity contribution in [3.05, 3.63) is 24.3 Å². The predicted molar refractivity (Wildman–Crippen MR) is 251 cm³/mol. The van der Waals surface area contributed by atoms with Crippen molar-refractivity contribution in [2.24, 2.45) is 5.73 Å². The highest BCUT2D eigenvalue weighted by atomic mass is 16.5. The number of allylic oxidation sites excluding steroid dienone is 4. The van der Waals surface area contributed by atoms with Crippen LogP contribution in [0, 0.1) is 0 Å². The molecule has 338 valence electrons. The lowest BCUT2D eigenvalue weighted by molar-refractivity contribution is -0.145. The minimum absolute atomic E-state index is 0.0535. The van der Waals surface area contributed by atoms with Gasteiger partial charge in [-0.05, 0) is 103 Å². The Morgan fingerprint density at radius 1 is 0.333 bits per heavy atom. The highest BCUT2D eigenvalue weighted by molar-refractivity contribution is 5.69. The number of carbonyl (C=O) groups excluding carboxylic acids is 2. The summed E-state index contributed by atoms with van der Waals surface area (Å²) >= 11 is 0. The van der Waals surface area contributed by atoms with Gasteiger partial charge >= 0.3 is 11.9 Å². The van der Waals surface area contributed by atoms with Crippen molar-refractivity contribution in [2.75, 3.05) is 19.8 Å². The summed E-state index contributed by atoms with van der Waals surface area (Å²) in [6.45, 7) is 8.69. The number of carbonyl (C=O) groups is 2. The van der Waals surface area contributed by atoms with Crippen molar-refractivity contribution in [3.63, 3.8) is 0 Å². The van der Waals surface area contributed by atoms with Crippen LogP contribution in [0.25, 0.3) is 0 Å². The minimum Gasteiger partial charge on any atom is -0.466 e. The molecule has 0 unspecified atom stereocenters. The molecule has 0 bridgehead atoms. The van der Waals surface area contributed by atoms with Gasteiger partial charge < -0.3 is 15.2 Å². The molecule has 0 atom stereocenters. The Kier molecular flexibility index (Phi) is 54.8. The molecule has 0 aliphatic heterocycles. The molecule has 0 saturated heterocycles. The number of hydrogen-bond acceptors (Lipinski definition) is 5. The fourth-order valence-electron chi connectivity index (χ4n) is 7.03. The van der Waals surface area contributed by atoms with Crippen LogP contribution in [0.4, 0.5) is 0 Å². The van der Waals surface area contributed by atoms with Crippen molar-refractivity contribution < 1.29 is 19.1 Å². The molecule has 2 N–H and O–H groups in total. The standard InChI is InChI=1S/C42H78O4.C10H23N/c1-3-5-7-9-11-13-15-17-19-21-23-25-27-29-33-37-41(43)45-39-35-31-32-36-40-46-42(44)38-34-30-28-26-24-22-20-18-16-14-12-10-8-6-4-2;1-2-3-4-5-6-7-8-9-10-11/h17-20H,3-16,21-40H2,1-2H3;2-11H2,1H3/b19-17-,20-18-;. The maximum Gasteiger partial charge on any atom is 0.305 e. The van der Waals surface area contributed by atoms with Gasteiger partial charge in [-0.1, -0.05) is 193 Å². The van der Waals surface area contributed by atoms with Gasteiger partial charge in [-0.15, -0.1) is 0 Å². The molecule has 5 heteroatoms. The second kappa shape index (κ2) is 54.4. The number of nitrogens with two attached hydrogens (primary N) is 1. The number of ether oxygens (including phenoxy) is 2. The molecule has 0 fully saturated rings. The summed E-state index contributed by atoms with van der Waals surface area (Å²) < 4.78 is 10.8. The van der Waals surface area contributed by atoms with Gasteiger partial charge in [-0.3, -0.25) is 9.59 Å². The van der Waals surface area contributed by atoms with E-state index in [1.165, 1.54) is 193 Å². The Labute approximate surface area is 357 Å². The van der Waals surface area contributed by atoms with Gasteiger partial charge in [0.25, 0.3) is 0 Å². The molecule has 0 aliphatic rings. The maximum atomic E-state index is 11.9. The first kappa shape index (κ1) is 57.5. The van der Waals surface area contributed by atoms with E-state index in [4.69, 9.17) is 15.2 Å². The summed E-state index contributed by atoms with van der Waals surface area (Å²) in [6, 6.07) is 0. The van der Waals surface area contributed by atoms with E-state index in [0.29, 0.717) is 26.1 Å². The highest BCUT2D eigenvalue weighted by Crippen LogP contribution is 2.13. The van der Waals surface area contributed by atoms with E-state index in [1.807, 2.05) is 0 Å². The summed E-state index contributed by atoms with van der Waals surface area (Å²) in [4.78, 5) is 23.9. The Balaban J connectivity index is 0. The maximum absolute atomic E-state index is 11.9. The first-order chi connectivity index (χ1) is 28.1. The van der Waals surface area contributed by atoms with Crippen LogP contribution < -0.4 is 5.73 Å². The first-order valence-electron chi connectivity index (χ1n) is 25.4. The molecule has 0 saturated carbocycles. The van der Waals surface area contributed by atoms with Crippen LogP contribution in [0.3, 0.4) is 0 Å². The van der Waals surface area contributed by atoms with Crippen LogP contribution >= 0.6 is 0 Å². The largest absolute Gasteiger partial charge is 0.466 e. The molecule has 0 rings (SSSR count). The van der Waals surface area contributed by atoms with Gasteiger partial charge in [0, 0.05) is 12.8 Å². The number of unbranched alkanes of at least 4 members (excludes halogenated alkanes) is 32. The molecular formula is C52H101NO4. The van der Waals surface area contributed by atoms with E-state index in [-0.39, 0.29) is 11.9 Å². The fourth-order valence-corrected chi connectivity index (χ4v) is 7.03. The van der Waals surface area contributed by atoms with Gasteiger partial charge in [0.2, 0.25) is 0 Å². The van der Waals surface area contributed by atoms with Gasteiger partial charge in [-0.25, -0.2) is 0 Å². The van der Waals surface area contributed by atoms with Crippen molar-refractivity contribution in [1.82, 2.24) is 0 Å². The Morgan fingerprint density at radius 3 is 0.877 bits per heavy atom. The summed E-state index contributed by atoms with van der Waals surface area (Å²) in [7, 11) is 0. The molecule has 5 nitrogen and oxygen atoms in total. The van der Waals surface area contributed by atoms with E-state index in [2.05, 4.69) is 45.1 Å². The van der Waals surface area contributed by atoms with Gasteiger partial charge in [-0.2, -0.15) is 0 Å². The molecule has 0 spiro atoms. The van der Waals surface area contributed by atoms with Crippen LogP contribution in [0.2, 0.25) is 0 Å². The summed E-state index contributed by atoms with van der Waals surface area (Å²) in [5, 5.41) is 0. The number of esters is 2. The van der Waals surface area contributed by atoms with E-state index < -0.39 is 0 Å². The molecule has 0 radical (unpaired) electrons. The zero-order valence-electron chi connectivity index (χ0n) is 38.9. The van der Waals surface area contributed by atoms with Crippen LogP contribution in [0.1, 0.15) is 278 Å². The first-order valence-corrected chi connectivity index (χ1v) is 25.4. The smallest absolute Gasteiger partial charge is 0.305 e. The number of hydrogen-bond donors (Lipinski definition) is 1. The molecule has 0 heterocycles. The van der Waals surface area contributed by atoms with Crippen molar-refractivity contribution in [2.45, 2.75) is 278 Å².